The lowest BCUT2D eigenvalue weighted by Crippen LogP contribution is -2.38. The van der Waals surface area contributed by atoms with E-state index in [1.165, 1.54) is 10.9 Å². The van der Waals surface area contributed by atoms with Gasteiger partial charge >= 0.3 is 0 Å². The Balaban J connectivity index is 1.38. The highest BCUT2D eigenvalue weighted by Crippen LogP contribution is 2.28. The molecule has 5 rings (SSSR count). The van der Waals surface area contributed by atoms with Crippen LogP contribution in [0, 0.1) is 0 Å². The molecule has 7 heteroatoms. The van der Waals surface area contributed by atoms with Crippen molar-refractivity contribution in [1.82, 2.24) is 25.1 Å². The van der Waals surface area contributed by atoms with Gasteiger partial charge in [0.05, 0.1) is 29.7 Å². The maximum absolute atomic E-state index is 6.10. The van der Waals surface area contributed by atoms with E-state index in [0.717, 1.165) is 47.9 Å². The van der Waals surface area contributed by atoms with E-state index in [1.54, 1.807) is 6.20 Å². The molecule has 0 aliphatic carbocycles. The van der Waals surface area contributed by atoms with Crippen LogP contribution in [0.1, 0.15) is 17.4 Å². The van der Waals surface area contributed by atoms with E-state index in [1.807, 2.05) is 44.6 Å². The predicted molar refractivity (Wildman–Crippen MR) is 122 cm³/mol. The average molecular weight is 415 g/mol. The Bertz CT molecular complexity index is 1170. The molecule has 1 aliphatic rings. The van der Waals surface area contributed by atoms with Crippen LogP contribution in [0.5, 0.6) is 0 Å². The number of H-pyrrole nitrogens is 1. The molecule has 31 heavy (non-hydrogen) atoms. The van der Waals surface area contributed by atoms with Gasteiger partial charge in [0.25, 0.3) is 0 Å². The zero-order chi connectivity index (χ0) is 21.2. The van der Waals surface area contributed by atoms with Gasteiger partial charge in [0.2, 0.25) is 0 Å². The molecule has 1 saturated heterocycles. The molecule has 0 saturated carbocycles. The number of rotatable bonds is 5. The fraction of sp³-hybridized carbons (Fsp3) is 0.292. The molecule has 0 unspecified atom stereocenters. The highest BCUT2D eigenvalue weighted by Gasteiger charge is 2.24. The number of hydrogen-bond acceptors (Lipinski definition) is 6. The van der Waals surface area contributed by atoms with Crippen molar-refractivity contribution in [1.29, 1.82) is 0 Å². The smallest absolute Gasteiger partial charge is 0.133 e. The van der Waals surface area contributed by atoms with E-state index < -0.39 is 0 Å². The number of benzene rings is 1. The highest BCUT2D eigenvalue weighted by atomic mass is 16.5. The highest BCUT2D eigenvalue weighted by molar-refractivity contribution is 5.81. The van der Waals surface area contributed by atoms with Crippen molar-refractivity contribution in [3.05, 3.63) is 72.2 Å². The third kappa shape index (κ3) is 4.15. The summed E-state index contributed by atoms with van der Waals surface area (Å²) in [6, 6.07) is 16.6. The van der Waals surface area contributed by atoms with Gasteiger partial charge in [0, 0.05) is 56.4 Å². The lowest BCUT2D eigenvalue weighted by Gasteiger charge is -2.33. The minimum Gasteiger partial charge on any atom is -0.369 e. The lowest BCUT2D eigenvalue weighted by molar-refractivity contribution is -0.0349. The third-order valence-corrected chi connectivity index (χ3v) is 5.64. The van der Waals surface area contributed by atoms with Crippen molar-refractivity contribution in [2.45, 2.75) is 12.6 Å². The lowest BCUT2D eigenvalue weighted by atomic mass is 10.1. The van der Waals surface area contributed by atoms with Crippen molar-refractivity contribution in [2.24, 2.45) is 0 Å². The summed E-state index contributed by atoms with van der Waals surface area (Å²) in [5.74, 6) is 1.02. The number of nitrogens with zero attached hydrogens (tertiary/aromatic N) is 5. The second kappa shape index (κ2) is 8.45. The van der Waals surface area contributed by atoms with Crippen LogP contribution in [-0.2, 0) is 11.3 Å². The number of pyridine rings is 2. The topological polar surface area (TPSA) is 70.2 Å². The van der Waals surface area contributed by atoms with E-state index in [0.29, 0.717) is 6.61 Å². The average Bonchev–Trinajstić information content (AvgIpc) is 3.34. The maximum Gasteiger partial charge on any atom is 0.133 e. The van der Waals surface area contributed by atoms with Gasteiger partial charge < -0.3 is 9.64 Å². The van der Waals surface area contributed by atoms with Crippen molar-refractivity contribution < 1.29 is 4.74 Å². The standard InChI is InChI=1S/C24H26N6O/c1-29(2)24-18(12-17-6-3-4-7-20(17)28-24)15-30-10-11-31-23(16-30)22-9-5-8-21(27-22)19-13-25-26-14-19/h3-9,12-14,23H,10-11,15-16H2,1-2H3,(H,25,26)/t23-/m1/s1. The molecule has 0 radical (unpaired) electrons. The van der Waals surface area contributed by atoms with E-state index in [4.69, 9.17) is 14.7 Å². The molecule has 7 nitrogen and oxygen atoms in total. The predicted octanol–water partition coefficient (Wildman–Crippen LogP) is 3.66. The molecule has 1 aliphatic heterocycles. The molecule has 1 atom stereocenters. The SMILES string of the molecule is CN(C)c1nc2ccccc2cc1CN1CCO[C@@H](c2cccc(-c3cn[nH]c3)n2)C1. The van der Waals surface area contributed by atoms with Gasteiger partial charge in [-0.1, -0.05) is 24.3 Å². The molecule has 1 aromatic carbocycles. The van der Waals surface area contributed by atoms with Gasteiger partial charge in [-0.2, -0.15) is 5.10 Å². The molecule has 0 spiro atoms. The molecule has 0 bridgehead atoms. The monoisotopic (exact) mass is 414 g/mol. The van der Waals surface area contributed by atoms with Gasteiger partial charge in [-0.25, -0.2) is 9.97 Å². The van der Waals surface area contributed by atoms with Crippen LogP contribution in [0.4, 0.5) is 5.82 Å². The number of hydrogen-bond donors (Lipinski definition) is 1. The number of ether oxygens (including phenoxy) is 1. The fourth-order valence-corrected chi connectivity index (χ4v) is 4.10. The van der Waals surface area contributed by atoms with Crippen molar-refractivity contribution >= 4 is 16.7 Å². The number of anilines is 1. The summed E-state index contributed by atoms with van der Waals surface area (Å²) >= 11 is 0. The van der Waals surface area contributed by atoms with Gasteiger partial charge in [-0.15, -0.1) is 0 Å². The number of aromatic amines is 1. The number of aromatic nitrogens is 4. The second-order valence-electron chi connectivity index (χ2n) is 8.09. The Hall–Kier alpha value is -3.29. The molecule has 1 N–H and O–H groups in total. The van der Waals surface area contributed by atoms with Crippen LogP contribution in [0.2, 0.25) is 0 Å². The maximum atomic E-state index is 6.10. The van der Waals surface area contributed by atoms with E-state index >= 15 is 0 Å². The van der Waals surface area contributed by atoms with E-state index in [9.17, 15) is 0 Å². The first-order valence-corrected chi connectivity index (χ1v) is 10.5. The number of nitrogens with one attached hydrogen (secondary N) is 1. The molecule has 4 heterocycles. The Kier molecular flexibility index (Phi) is 5.36. The number of para-hydroxylation sites is 1. The van der Waals surface area contributed by atoms with E-state index in [2.05, 4.69) is 44.3 Å². The quantitative estimate of drug-likeness (QED) is 0.537. The largest absolute Gasteiger partial charge is 0.369 e. The number of fused-ring (bicyclic) bond motifs is 1. The second-order valence-corrected chi connectivity index (χ2v) is 8.09. The summed E-state index contributed by atoms with van der Waals surface area (Å²) in [4.78, 5) is 14.3. The Morgan fingerprint density at radius 1 is 1.13 bits per heavy atom. The zero-order valence-corrected chi connectivity index (χ0v) is 17.8. The Labute approximate surface area is 181 Å². The fourth-order valence-electron chi connectivity index (χ4n) is 4.10. The minimum atomic E-state index is -0.0585. The van der Waals surface area contributed by atoms with Crippen LogP contribution < -0.4 is 4.90 Å². The van der Waals surface area contributed by atoms with Crippen LogP contribution in [0.25, 0.3) is 22.2 Å². The molecular formula is C24H26N6O. The molecule has 1 fully saturated rings. The van der Waals surface area contributed by atoms with E-state index in [-0.39, 0.29) is 6.10 Å². The minimum absolute atomic E-state index is 0.0585. The first kappa shape index (κ1) is 19.7. The summed E-state index contributed by atoms with van der Waals surface area (Å²) in [5.41, 5.74) is 5.08. The van der Waals surface area contributed by atoms with Crippen LogP contribution in [0.3, 0.4) is 0 Å². The van der Waals surface area contributed by atoms with Crippen LogP contribution in [-0.4, -0.2) is 58.9 Å². The Morgan fingerprint density at radius 3 is 2.87 bits per heavy atom. The summed E-state index contributed by atoms with van der Waals surface area (Å²) in [6.45, 7) is 3.19. The summed E-state index contributed by atoms with van der Waals surface area (Å²) < 4.78 is 6.10. The van der Waals surface area contributed by atoms with Gasteiger partial charge in [-0.05, 0) is 24.3 Å². The van der Waals surface area contributed by atoms with Gasteiger partial charge in [0.1, 0.15) is 11.9 Å². The van der Waals surface area contributed by atoms with Crippen LogP contribution in [0.15, 0.2) is 60.9 Å². The van der Waals surface area contributed by atoms with Gasteiger partial charge in [-0.3, -0.25) is 10.00 Å². The normalized spacial score (nSPS) is 17.2. The first-order chi connectivity index (χ1) is 15.2. The van der Waals surface area contributed by atoms with Crippen molar-refractivity contribution in [3.8, 4) is 11.3 Å². The Morgan fingerprint density at radius 2 is 2.03 bits per heavy atom. The number of morpholine rings is 1. The molecule has 3 aromatic heterocycles. The molecular weight excluding hydrogens is 388 g/mol. The summed E-state index contributed by atoms with van der Waals surface area (Å²) in [7, 11) is 4.10. The van der Waals surface area contributed by atoms with Crippen LogP contribution >= 0.6 is 0 Å². The first-order valence-electron chi connectivity index (χ1n) is 10.5. The molecule has 0 amide bonds. The summed E-state index contributed by atoms with van der Waals surface area (Å²) in [6.07, 6.45) is 3.59. The third-order valence-electron chi connectivity index (χ3n) is 5.64. The van der Waals surface area contributed by atoms with Crippen molar-refractivity contribution in [2.75, 3.05) is 38.7 Å². The molecule has 158 valence electrons. The van der Waals surface area contributed by atoms with Gasteiger partial charge in [0.15, 0.2) is 0 Å². The molecule has 4 aromatic rings. The zero-order valence-electron chi connectivity index (χ0n) is 17.8. The van der Waals surface area contributed by atoms with Crippen molar-refractivity contribution in [3.63, 3.8) is 0 Å². The summed E-state index contributed by atoms with van der Waals surface area (Å²) in [5, 5.41) is 8.05.